The third kappa shape index (κ3) is 4.31. The van der Waals surface area contributed by atoms with Crippen molar-refractivity contribution in [1.29, 1.82) is 0 Å². The molecule has 46 heavy (non-hydrogen) atoms. The molecular weight excluding hydrogens is 579 g/mol. The Bertz CT molecular complexity index is 2390. The summed E-state index contributed by atoms with van der Waals surface area (Å²) in [5.74, 6) is 0. The molecule has 0 saturated heterocycles. The van der Waals surface area contributed by atoms with Gasteiger partial charge in [-0.2, -0.15) is 13.2 Å². The Hall–Kier alpha value is -5.36. The second-order valence-electron chi connectivity index (χ2n) is 12.4. The van der Waals surface area contributed by atoms with E-state index in [1.54, 1.807) is 12.3 Å². The van der Waals surface area contributed by atoms with Gasteiger partial charge in [-0.3, -0.25) is 4.98 Å². The summed E-state index contributed by atoms with van der Waals surface area (Å²) >= 11 is 0. The van der Waals surface area contributed by atoms with E-state index in [1.165, 1.54) is 12.1 Å². The Balaban J connectivity index is 1.50. The van der Waals surface area contributed by atoms with E-state index in [-0.39, 0.29) is 0 Å². The molecule has 0 aliphatic rings. The zero-order chi connectivity index (χ0) is 31.9. The van der Waals surface area contributed by atoms with Crippen LogP contribution in [0, 0.1) is 27.7 Å². The van der Waals surface area contributed by atoms with Gasteiger partial charge >= 0.3 is 6.18 Å². The number of halogens is 3. The molecule has 0 radical (unpaired) electrons. The van der Waals surface area contributed by atoms with Gasteiger partial charge in [0, 0.05) is 33.3 Å². The lowest BCUT2D eigenvalue weighted by molar-refractivity contribution is -0.137. The molecule has 0 bridgehead atoms. The number of rotatable bonds is 3. The van der Waals surface area contributed by atoms with Crippen molar-refractivity contribution in [3.63, 3.8) is 0 Å². The molecule has 3 aromatic heterocycles. The van der Waals surface area contributed by atoms with E-state index >= 15 is 0 Å². The average molecular weight is 610 g/mol. The summed E-state index contributed by atoms with van der Waals surface area (Å²) in [6, 6.07) is 32.9. The molecule has 8 rings (SSSR count). The van der Waals surface area contributed by atoms with Gasteiger partial charge in [0.2, 0.25) is 0 Å². The molecule has 0 spiro atoms. The van der Waals surface area contributed by atoms with E-state index in [9.17, 15) is 13.2 Å². The summed E-state index contributed by atoms with van der Waals surface area (Å²) in [5.41, 5.74) is 9.79. The standard InChI is InChI=1S/C40H30F3N3/c1-23-7-12-33-28(18-23)29-19-24(2)8-13-34(29)45(33)37-16-11-27(40(41,42)43)22-32(37)39-38(6-5-17-44-39)46-35-14-9-25(3)20-30(35)31-21-26(4)10-15-36(31)46/h5-22H,1-4H3. The second kappa shape index (κ2) is 10.1. The number of hydrogen-bond acceptors (Lipinski definition) is 1. The molecule has 5 aromatic carbocycles. The second-order valence-corrected chi connectivity index (χ2v) is 12.4. The molecule has 0 aliphatic heterocycles. The fourth-order valence-electron chi connectivity index (χ4n) is 6.90. The van der Waals surface area contributed by atoms with Crippen LogP contribution < -0.4 is 0 Å². The maximum Gasteiger partial charge on any atom is 0.416 e. The van der Waals surface area contributed by atoms with Crippen molar-refractivity contribution < 1.29 is 13.2 Å². The van der Waals surface area contributed by atoms with Gasteiger partial charge in [0.15, 0.2) is 0 Å². The summed E-state index contributed by atoms with van der Waals surface area (Å²) in [7, 11) is 0. The first kappa shape index (κ1) is 28.1. The molecule has 6 heteroatoms. The number of benzene rings is 5. The van der Waals surface area contributed by atoms with Crippen LogP contribution in [0.4, 0.5) is 13.2 Å². The molecule has 0 atom stereocenters. The third-order valence-electron chi connectivity index (χ3n) is 9.00. The SMILES string of the molecule is Cc1ccc2c(c1)c1cc(C)ccc1n2-c1ccc(C(F)(F)F)cc1-c1ncccc1-n1c2ccc(C)cc2c2cc(C)ccc21. The van der Waals surface area contributed by atoms with Gasteiger partial charge in [-0.1, -0.05) is 46.5 Å². The number of aryl methyl sites for hydroxylation is 4. The monoisotopic (exact) mass is 609 g/mol. The minimum absolute atomic E-state index is 0.402. The summed E-state index contributed by atoms with van der Waals surface area (Å²) in [6.45, 7) is 8.24. The Labute approximate surface area is 264 Å². The van der Waals surface area contributed by atoms with Crippen LogP contribution in [0.1, 0.15) is 27.8 Å². The zero-order valence-corrected chi connectivity index (χ0v) is 25.9. The Morgan fingerprint density at radius 1 is 0.500 bits per heavy atom. The predicted octanol–water partition coefficient (Wildman–Crippen LogP) is 11.2. The molecule has 0 amide bonds. The topological polar surface area (TPSA) is 22.8 Å². The lowest BCUT2D eigenvalue weighted by Crippen LogP contribution is -2.08. The van der Waals surface area contributed by atoms with Crippen molar-refractivity contribution in [2.75, 3.05) is 0 Å². The highest BCUT2D eigenvalue weighted by atomic mass is 19.4. The van der Waals surface area contributed by atoms with Crippen LogP contribution in [-0.2, 0) is 6.18 Å². The van der Waals surface area contributed by atoms with Gasteiger partial charge in [0.25, 0.3) is 0 Å². The molecule has 0 saturated carbocycles. The number of pyridine rings is 1. The van der Waals surface area contributed by atoms with Crippen molar-refractivity contribution in [3.8, 4) is 22.6 Å². The minimum Gasteiger partial charge on any atom is -0.309 e. The Morgan fingerprint density at radius 2 is 0.935 bits per heavy atom. The first-order chi connectivity index (χ1) is 22.1. The van der Waals surface area contributed by atoms with E-state index in [4.69, 9.17) is 4.98 Å². The van der Waals surface area contributed by atoms with E-state index in [0.29, 0.717) is 22.6 Å². The largest absolute Gasteiger partial charge is 0.416 e. The number of fused-ring (bicyclic) bond motifs is 6. The van der Waals surface area contributed by atoms with Crippen molar-refractivity contribution in [1.82, 2.24) is 14.1 Å². The molecule has 0 unspecified atom stereocenters. The molecule has 3 heterocycles. The number of hydrogen-bond donors (Lipinski definition) is 0. The fraction of sp³-hybridized carbons (Fsp3) is 0.125. The summed E-state index contributed by atoms with van der Waals surface area (Å²) in [6.07, 6.45) is -2.87. The van der Waals surface area contributed by atoms with Gasteiger partial charge in [-0.05, 0) is 107 Å². The van der Waals surface area contributed by atoms with Gasteiger partial charge in [-0.25, -0.2) is 0 Å². The molecule has 0 aliphatic carbocycles. The highest BCUT2D eigenvalue weighted by Crippen LogP contribution is 2.42. The average Bonchev–Trinajstić information content (AvgIpc) is 3.51. The van der Waals surface area contributed by atoms with Crippen LogP contribution in [0.5, 0.6) is 0 Å². The van der Waals surface area contributed by atoms with E-state index in [2.05, 4.69) is 97.5 Å². The van der Waals surface area contributed by atoms with Crippen LogP contribution in [-0.4, -0.2) is 14.1 Å². The maximum atomic E-state index is 14.4. The van der Waals surface area contributed by atoms with Crippen molar-refractivity contribution in [3.05, 3.63) is 137 Å². The summed E-state index contributed by atoms with van der Waals surface area (Å²) < 4.78 is 47.4. The fourth-order valence-corrected chi connectivity index (χ4v) is 6.90. The molecular formula is C40H30F3N3. The first-order valence-corrected chi connectivity index (χ1v) is 15.3. The molecule has 3 nitrogen and oxygen atoms in total. The summed E-state index contributed by atoms with van der Waals surface area (Å²) in [5, 5.41) is 4.29. The Kier molecular flexibility index (Phi) is 6.16. The normalized spacial score (nSPS) is 12.2. The summed E-state index contributed by atoms with van der Waals surface area (Å²) in [4.78, 5) is 4.83. The van der Waals surface area contributed by atoms with Crippen LogP contribution in [0.25, 0.3) is 66.2 Å². The first-order valence-electron chi connectivity index (χ1n) is 15.3. The lowest BCUT2D eigenvalue weighted by atomic mass is 10.0. The number of nitrogens with zero attached hydrogens (tertiary/aromatic N) is 3. The smallest absolute Gasteiger partial charge is 0.309 e. The van der Waals surface area contributed by atoms with Crippen molar-refractivity contribution >= 4 is 43.6 Å². The van der Waals surface area contributed by atoms with E-state index in [1.807, 2.05) is 24.3 Å². The van der Waals surface area contributed by atoms with Gasteiger partial charge in [-0.15, -0.1) is 0 Å². The lowest BCUT2D eigenvalue weighted by Gasteiger charge is -2.19. The van der Waals surface area contributed by atoms with Crippen molar-refractivity contribution in [2.45, 2.75) is 33.9 Å². The molecule has 0 N–H and O–H groups in total. The molecule has 226 valence electrons. The third-order valence-corrected chi connectivity index (χ3v) is 9.00. The number of alkyl halides is 3. The van der Waals surface area contributed by atoms with Crippen LogP contribution in [0.15, 0.2) is 109 Å². The zero-order valence-electron chi connectivity index (χ0n) is 25.9. The predicted molar refractivity (Wildman–Crippen MR) is 182 cm³/mol. The van der Waals surface area contributed by atoms with Gasteiger partial charge in [0.05, 0.1) is 44.7 Å². The highest BCUT2D eigenvalue weighted by Gasteiger charge is 2.32. The van der Waals surface area contributed by atoms with E-state index < -0.39 is 11.7 Å². The maximum absolute atomic E-state index is 14.4. The van der Waals surface area contributed by atoms with Crippen molar-refractivity contribution in [2.24, 2.45) is 0 Å². The van der Waals surface area contributed by atoms with Crippen LogP contribution in [0.3, 0.4) is 0 Å². The van der Waals surface area contributed by atoms with Crippen LogP contribution >= 0.6 is 0 Å². The minimum atomic E-state index is -4.53. The quantitative estimate of drug-likeness (QED) is 0.195. The Morgan fingerprint density at radius 3 is 1.37 bits per heavy atom. The molecule has 0 fully saturated rings. The van der Waals surface area contributed by atoms with Gasteiger partial charge in [0.1, 0.15) is 0 Å². The van der Waals surface area contributed by atoms with Crippen LogP contribution in [0.2, 0.25) is 0 Å². The highest BCUT2D eigenvalue weighted by molar-refractivity contribution is 6.11. The van der Waals surface area contributed by atoms with E-state index in [0.717, 1.165) is 65.9 Å². The molecule has 8 aromatic rings. The number of aromatic nitrogens is 3. The van der Waals surface area contributed by atoms with Gasteiger partial charge < -0.3 is 9.13 Å².